The van der Waals surface area contributed by atoms with E-state index >= 15 is 0 Å². The monoisotopic (exact) mass is 448 g/mol. The molecule has 0 aliphatic heterocycles. The van der Waals surface area contributed by atoms with Crippen LogP contribution < -0.4 is 5.56 Å². The number of aryl methyl sites for hydroxylation is 2. The van der Waals surface area contributed by atoms with E-state index in [1.165, 1.54) is 11.1 Å². The van der Waals surface area contributed by atoms with E-state index in [1.54, 1.807) is 17.0 Å². The van der Waals surface area contributed by atoms with Crippen molar-refractivity contribution in [3.05, 3.63) is 92.3 Å². The van der Waals surface area contributed by atoms with Crippen molar-refractivity contribution < 1.29 is 0 Å². The number of pyridine rings is 2. The lowest BCUT2D eigenvalue weighted by Crippen LogP contribution is -2.24. The van der Waals surface area contributed by atoms with Gasteiger partial charge in [0.05, 0.1) is 18.1 Å². The van der Waals surface area contributed by atoms with Gasteiger partial charge in [-0.15, -0.1) is 0 Å². The first-order chi connectivity index (χ1) is 14.2. The lowest BCUT2D eigenvalue weighted by molar-refractivity contribution is 0.567. The van der Waals surface area contributed by atoms with Gasteiger partial charge in [-0.3, -0.25) is 9.78 Å². The first-order valence-corrected chi connectivity index (χ1v) is 10.7. The second-order valence-corrected chi connectivity index (χ2v) is 8.40. The molecule has 0 fully saturated rings. The topological polar surface area (TPSA) is 52.7 Å². The van der Waals surface area contributed by atoms with Crippen molar-refractivity contribution in [1.29, 1.82) is 0 Å². The predicted octanol–water partition coefficient (Wildman–Crippen LogP) is 4.50. The summed E-state index contributed by atoms with van der Waals surface area (Å²) in [6, 6.07) is 12.5. The normalized spacial score (nSPS) is 15.7. The Morgan fingerprint density at radius 1 is 1.17 bits per heavy atom. The number of imidazole rings is 1. The van der Waals surface area contributed by atoms with E-state index in [2.05, 4.69) is 50.6 Å². The summed E-state index contributed by atoms with van der Waals surface area (Å²) in [5, 5.41) is 0. The molecule has 3 heterocycles. The SMILES string of the molecule is CCc1nc2ccn(Cc3ccncc3)c(=O)c2n1[C@H]1CCc2cc(Br)ccc21. The van der Waals surface area contributed by atoms with Crippen LogP contribution in [0.5, 0.6) is 0 Å². The van der Waals surface area contributed by atoms with E-state index in [-0.39, 0.29) is 11.6 Å². The van der Waals surface area contributed by atoms with Gasteiger partial charge in [-0.1, -0.05) is 28.9 Å². The Labute approximate surface area is 177 Å². The molecule has 0 amide bonds. The van der Waals surface area contributed by atoms with Crippen LogP contribution in [0.2, 0.25) is 0 Å². The van der Waals surface area contributed by atoms with Crippen molar-refractivity contribution in [3.63, 3.8) is 0 Å². The standard InChI is InChI=1S/C23H21BrN4O/c1-2-21-26-19-9-12-27(14-15-7-10-25-11-8-15)23(29)22(19)28(21)20-6-3-16-13-17(24)4-5-18(16)20/h4-5,7-13,20H,2-3,6,14H2,1H3/t20-/m0/s1. The molecule has 4 aromatic rings. The molecule has 1 aliphatic carbocycles. The van der Waals surface area contributed by atoms with Crippen LogP contribution >= 0.6 is 15.9 Å². The van der Waals surface area contributed by atoms with Crippen LogP contribution in [0.3, 0.4) is 0 Å². The maximum absolute atomic E-state index is 13.5. The van der Waals surface area contributed by atoms with Crippen LogP contribution in [0.4, 0.5) is 0 Å². The molecule has 3 aromatic heterocycles. The molecule has 0 unspecified atom stereocenters. The summed E-state index contributed by atoms with van der Waals surface area (Å²) < 4.78 is 5.07. The van der Waals surface area contributed by atoms with Crippen molar-refractivity contribution in [1.82, 2.24) is 19.1 Å². The van der Waals surface area contributed by atoms with Crippen molar-refractivity contribution in [3.8, 4) is 0 Å². The number of aromatic nitrogens is 4. The summed E-state index contributed by atoms with van der Waals surface area (Å²) in [6.45, 7) is 2.63. The van der Waals surface area contributed by atoms with Crippen LogP contribution in [0.1, 0.15) is 41.9 Å². The quantitative estimate of drug-likeness (QED) is 0.461. The minimum absolute atomic E-state index is 0.0112. The number of halogens is 1. The zero-order valence-corrected chi connectivity index (χ0v) is 17.8. The van der Waals surface area contributed by atoms with E-state index in [0.29, 0.717) is 12.1 Å². The third kappa shape index (κ3) is 3.12. The molecule has 146 valence electrons. The fraction of sp³-hybridized carbons (Fsp3) is 0.261. The molecule has 5 rings (SSSR count). The number of hydrogen-bond donors (Lipinski definition) is 0. The van der Waals surface area contributed by atoms with Crippen LogP contribution in [0, 0.1) is 0 Å². The van der Waals surface area contributed by atoms with Gasteiger partial charge in [0, 0.05) is 29.5 Å². The van der Waals surface area contributed by atoms with E-state index in [1.807, 2.05) is 24.4 Å². The van der Waals surface area contributed by atoms with Gasteiger partial charge >= 0.3 is 0 Å². The third-order valence-electron chi connectivity index (χ3n) is 5.77. The fourth-order valence-electron chi connectivity index (χ4n) is 4.42. The van der Waals surface area contributed by atoms with E-state index < -0.39 is 0 Å². The number of fused-ring (bicyclic) bond motifs is 2. The van der Waals surface area contributed by atoms with Gasteiger partial charge in [-0.2, -0.15) is 0 Å². The average Bonchev–Trinajstić information content (AvgIpc) is 3.31. The minimum atomic E-state index is 0.0112. The summed E-state index contributed by atoms with van der Waals surface area (Å²) >= 11 is 3.58. The van der Waals surface area contributed by atoms with Gasteiger partial charge in [0.15, 0.2) is 0 Å². The maximum atomic E-state index is 13.5. The summed E-state index contributed by atoms with van der Waals surface area (Å²) in [4.78, 5) is 22.4. The first-order valence-electron chi connectivity index (χ1n) is 9.93. The number of nitrogens with zero attached hydrogens (tertiary/aromatic N) is 4. The van der Waals surface area contributed by atoms with E-state index in [0.717, 1.165) is 40.6 Å². The average molecular weight is 449 g/mol. The first kappa shape index (κ1) is 18.3. The lowest BCUT2D eigenvalue weighted by Gasteiger charge is -2.18. The van der Waals surface area contributed by atoms with Crippen molar-refractivity contribution in [2.24, 2.45) is 0 Å². The third-order valence-corrected chi connectivity index (χ3v) is 6.26. The smallest absolute Gasteiger partial charge is 0.277 e. The molecule has 5 nitrogen and oxygen atoms in total. The fourth-order valence-corrected chi connectivity index (χ4v) is 4.83. The van der Waals surface area contributed by atoms with Crippen LogP contribution in [-0.2, 0) is 19.4 Å². The van der Waals surface area contributed by atoms with Gasteiger partial charge < -0.3 is 9.13 Å². The molecule has 1 aromatic carbocycles. The summed E-state index contributed by atoms with van der Waals surface area (Å²) in [5.41, 5.74) is 5.20. The van der Waals surface area contributed by atoms with E-state index in [9.17, 15) is 4.79 Å². The molecular weight excluding hydrogens is 428 g/mol. The second-order valence-electron chi connectivity index (χ2n) is 7.49. The highest BCUT2D eigenvalue weighted by Gasteiger charge is 2.28. The Hall–Kier alpha value is -2.73. The highest BCUT2D eigenvalue weighted by molar-refractivity contribution is 9.10. The van der Waals surface area contributed by atoms with Gasteiger partial charge in [-0.05, 0) is 59.9 Å². The molecular formula is C23H21BrN4O. The van der Waals surface area contributed by atoms with Gasteiger partial charge in [0.2, 0.25) is 0 Å². The second kappa shape index (κ2) is 7.26. The molecule has 0 N–H and O–H groups in total. The van der Waals surface area contributed by atoms with Crippen LogP contribution in [0.25, 0.3) is 11.0 Å². The molecule has 1 atom stereocenters. The zero-order valence-electron chi connectivity index (χ0n) is 16.2. The van der Waals surface area contributed by atoms with Gasteiger partial charge in [0.1, 0.15) is 11.3 Å². The number of hydrogen-bond acceptors (Lipinski definition) is 3. The summed E-state index contributed by atoms with van der Waals surface area (Å²) in [6.07, 6.45) is 8.16. The lowest BCUT2D eigenvalue weighted by atomic mass is 10.1. The number of benzene rings is 1. The van der Waals surface area contributed by atoms with Crippen LogP contribution in [-0.4, -0.2) is 19.1 Å². The molecule has 6 heteroatoms. The van der Waals surface area contributed by atoms with Crippen molar-refractivity contribution in [2.75, 3.05) is 0 Å². The number of rotatable bonds is 4. The molecule has 0 saturated heterocycles. The summed E-state index contributed by atoms with van der Waals surface area (Å²) in [5.74, 6) is 0.972. The minimum Gasteiger partial charge on any atom is -0.316 e. The Morgan fingerprint density at radius 3 is 2.79 bits per heavy atom. The predicted molar refractivity (Wildman–Crippen MR) is 117 cm³/mol. The highest BCUT2D eigenvalue weighted by Crippen LogP contribution is 2.38. The molecule has 1 aliphatic rings. The Balaban J connectivity index is 1.67. The molecule has 0 saturated carbocycles. The molecule has 0 bridgehead atoms. The van der Waals surface area contributed by atoms with Gasteiger partial charge in [-0.25, -0.2) is 4.98 Å². The Morgan fingerprint density at radius 2 is 2.00 bits per heavy atom. The Kier molecular flexibility index (Phi) is 4.59. The van der Waals surface area contributed by atoms with Gasteiger partial charge in [0.25, 0.3) is 5.56 Å². The van der Waals surface area contributed by atoms with Crippen LogP contribution in [0.15, 0.2) is 64.3 Å². The Bertz CT molecular complexity index is 1260. The zero-order chi connectivity index (χ0) is 20.0. The highest BCUT2D eigenvalue weighted by atomic mass is 79.9. The van der Waals surface area contributed by atoms with E-state index in [4.69, 9.17) is 4.98 Å². The summed E-state index contributed by atoms with van der Waals surface area (Å²) in [7, 11) is 0. The van der Waals surface area contributed by atoms with Crippen molar-refractivity contribution in [2.45, 2.75) is 38.8 Å². The van der Waals surface area contributed by atoms with Crippen molar-refractivity contribution >= 4 is 27.0 Å². The molecule has 0 spiro atoms. The molecule has 0 radical (unpaired) electrons. The maximum Gasteiger partial charge on any atom is 0.277 e. The largest absolute Gasteiger partial charge is 0.316 e. The molecule has 29 heavy (non-hydrogen) atoms.